The number of ether oxygens (including phenoxy) is 2. The van der Waals surface area contributed by atoms with Gasteiger partial charge >= 0.3 is 0 Å². The van der Waals surface area contributed by atoms with Gasteiger partial charge in [0.1, 0.15) is 0 Å². The second-order valence-corrected chi connectivity index (χ2v) is 6.09. The van der Waals surface area contributed by atoms with Gasteiger partial charge in [-0.2, -0.15) is 0 Å². The monoisotopic (exact) mass is 397 g/mol. The number of hydrogen-bond acceptors (Lipinski definition) is 3. The van der Waals surface area contributed by atoms with Crippen molar-refractivity contribution in [1.29, 1.82) is 0 Å². The number of para-hydroxylation sites is 1. The van der Waals surface area contributed by atoms with Crippen LogP contribution < -0.4 is 14.8 Å². The minimum Gasteiger partial charge on any atom is -0.493 e. The van der Waals surface area contributed by atoms with E-state index >= 15 is 0 Å². The molecule has 0 aliphatic rings. The first-order valence-electron chi connectivity index (χ1n) is 7.00. The molecule has 0 atom stereocenters. The van der Waals surface area contributed by atoms with E-state index in [0.717, 1.165) is 10.0 Å². The Bertz CT molecular complexity index is 706. The van der Waals surface area contributed by atoms with Gasteiger partial charge in [0.15, 0.2) is 11.5 Å². The van der Waals surface area contributed by atoms with Crippen LogP contribution in [-0.4, -0.2) is 20.1 Å². The van der Waals surface area contributed by atoms with Crippen LogP contribution in [0.1, 0.15) is 12.0 Å². The van der Waals surface area contributed by atoms with Crippen LogP contribution in [-0.2, 0) is 11.2 Å². The molecule has 0 saturated heterocycles. The van der Waals surface area contributed by atoms with Crippen LogP contribution >= 0.6 is 27.5 Å². The van der Waals surface area contributed by atoms with Crippen LogP contribution in [0.4, 0.5) is 5.69 Å². The molecule has 2 rings (SSSR count). The number of hydrogen-bond donors (Lipinski definition) is 1. The van der Waals surface area contributed by atoms with Crippen molar-refractivity contribution in [3.63, 3.8) is 0 Å². The Hall–Kier alpha value is -1.72. The minimum atomic E-state index is -0.0974. The summed E-state index contributed by atoms with van der Waals surface area (Å²) in [6.45, 7) is 0. The van der Waals surface area contributed by atoms with Gasteiger partial charge in [-0.25, -0.2) is 0 Å². The van der Waals surface area contributed by atoms with E-state index in [-0.39, 0.29) is 5.91 Å². The van der Waals surface area contributed by atoms with Crippen molar-refractivity contribution in [3.05, 3.63) is 51.5 Å². The summed E-state index contributed by atoms with van der Waals surface area (Å²) in [5.41, 5.74) is 1.59. The molecule has 0 fully saturated rings. The van der Waals surface area contributed by atoms with Gasteiger partial charge in [0.2, 0.25) is 5.91 Å². The molecular weight excluding hydrogens is 382 g/mol. The zero-order valence-electron chi connectivity index (χ0n) is 12.9. The number of methoxy groups -OCH3 is 2. The maximum absolute atomic E-state index is 12.1. The number of amides is 1. The summed E-state index contributed by atoms with van der Waals surface area (Å²) in [6, 6.07) is 10.9. The van der Waals surface area contributed by atoms with Gasteiger partial charge in [-0.15, -0.1) is 0 Å². The Morgan fingerprint density at radius 3 is 2.48 bits per heavy atom. The van der Waals surface area contributed by atoms with E-state index in [1.165, 1.54) is 0 Å². The molecule has 0 aliphatic carbocycles. The molecule has 0 saturated carbocycles. The number of aryl methyl sites for hydroxylation is 1. The number of rotatable bonds is 6. The highest BCUT2D eigenvalue weighted by Crippen LogP contribution is 2.33. The molecule has 0 radical (unpaired) electrons. The Labute approximate surface area is 148 Å². The quantitative estimate of drug-likeness (QED) is 0.768. The lowest BCUT2D eigenvalue weighted by molar-refractivity contribution is -0.116. The normalized spacial score (nSPS) is 10.3. The van der Waals surface area contributed by atoms with E-state index in [1.54, 1.807) is 26.4 Å². The van der Waals surface area contributed by atoms with Gasteiger partial charge in [0.05, 0.1) is 24.9 Å². The summed E-state index contributed by atoms with van der Waals surface area (Å²) < 4.78 is 11.4. The van der Waals surface area contributed by atoms with Gasteiger partial charge < -0.3 is 14.8 Å². The maximum Gasteiger partial charge on any atom is 0.224 e. The third kappa shape index (κ3) is 4.62. The molecule has 0 bridgehead atoms. The average molecular weight is 399 g/mol. The number of benzene rings is 2. The fraction of sp³-hybridized carbons (Fsp3) is 0.235. The molecule has 4 nitrogen and oxygen atoms in total. The third-order valence-corrected chi connectivity index (χ3v) is 4.39. The highest BCUT2D eigenvalue weighted by molar-refractivity contribution is 9.10. The van der Waals surface area contributed by atoms with Crippen LogP contribution in [0.5, 0.6) is 11.5 Å². The topological polar surface area (TPSA) is 47.6 Å². The van der Waals surface area contributed by atoms with Gasteiger partial charge in [0.25, 0.3) is 0 Å². The molecule has 0 aromatic heterocycles. The zero-order chi connectivity index (χ0) is 16.8. The van der Waals surface area contributed by atoms with E-state index in [2.05, 4.69) is 21.2 Å². The molecular formula is C17H17BrClNO3. The third-order valence-electron chi connectivity index (χ3n) is 3.32. The SMILES string of the molecule is COc1cc(Br)c(CCC(=O)Nc2ccccc2Cl)cc1OC. The van der Waals surface area contributed by atoms with E-state index < -0.39 is 0 Å². The summed E-state index contributed by atoms with van der Waals surface area (Å²) in [6.07, 6.45) is 0.899. The lowest BCUT2D eigenvalue weighted by atomic mass is 10.1. The molecule has 1 amide bonds. The summed E-state index contributed by atoms with van der Waals surface area (Å²) in [5, 5.41) is 3.33. The summed E-state index contributed by atoms with van der Waals surface area (Å²) in [4.78, 5) is 12.1. The van der Waals surface area contributed by atoms with Crippen LogP contribution in [0.2, 0.25) is 5.02 Å². The summed E-state index contributed by atoms with van der Waals surface area (Å²) in [5.74, 6) is 1.18. The van der Waals surface area contributed by atoms with E-state index in [9.17, 15) is 4.79 Å². The van der Waals surface area contributed by atoms with E-state index in [4.69, 9.17) is 21.1 Å². The summed E-state index contributed by atoms with van der Waals surface area (Å²) in [7, 11) is 3.17. The number of nitrogens with one attached hydrogen (secondary N) is 1. The Morgan fingerprint density at radius 2 is 1.83 bits per heavy atom. The minimum absolute atomic E-state index is 0.0974. The lowest BCUT2D eigenvalue weighted by Gasteiger charge is -2.12. The number of carbonyl (C=O) groups excluding carboxylic acids is 1. The fourth-order valence-corrected chi connectivity index (χ4v) is 2.81. The molecule has 6 heteroatoms. The van der Waals surface area contributed by atoms with Gasteiger partial charge in [0, 0.05) is 10.9 Å². The second-order valence-electron chi connectivity index (χ2n) is 4.83. The standard InChI is InChI=1S/C17H17BrClNO3/c1-22-15-9-11(12(18)10-16(15)23-2)7-8-17(21)20-14-6-4-3-5-13(14)19/h3-6,9-10H,7-8H2,1-2H3,(H,20,21). The molecule has 1 N–H and O–H groups in total. The van der Waals surface area contributed by atoms with Crippen molar-refractivity contribution in [2.24, 2.45) is 0 Å². The predicted octanol–water partition coefficient (Wildman–Crippen LogP) is 4.69. The molecule has 0 aliphatic heterocycles. The maximum atomic E-state index is 12.1. The van der Waals surface area contributed by atoms with Gasteiger partial charge in [-0.3, -0.25) is 4.79 Å². The van der Waals surface area contributed by atoms with Crippen molar-refractivity contribution >= 4 is 39.1 Å². The van der Waals surface area contributed by atoms with Crippen molar-refractivity contribution in [2.45, 2.75) is 12.8 Å². The number of anilines is 1. The number of halogens is 2. The zero-order valence-corrected chi connectivity index (χ0v) is 15.2. The molecule has 0 heterocycles. The van der Waals surface area contributed by atoms with Crippen molar-refractivity contribution in [2.75, 3.05) is 19.5 Å². The van der Waals surface area contributed by atoms with E-state index in [1.807, 2.05) is 24.3 Å². The smallest absolute Gasteiger partial charge is 0.224 e. The summed E-state index contributed by atoms with van der Waals surface area (Å²) >= 11 is 9.52. The van der Waals surface area contributed by atoms with E-state index in [0.29, 0.717) is 35.1 Å². The lowest BCUT2D eigenvalue weighted by Crippen LogP contribution is -2.12. The van der Waals surface area contributed by atoms with Crippen LogP contribution in [0.15, 0.2) is 40.9 Å². The molecule has 2 aromatic rings. The number of carbonyl (C=O) groups is 1. The molecule has 2 aromatic carbocycles. The first kappa shape index (κ1) is 17.6. The van der Waals surface area contributed by atoms with Crippen molar-refractivity contribution in [3.8, 4) is 11.5 Å². The fourth-order valence-electron chi connectivity index (χ4n) is 2.11. The Morgan fingerprint density at radius 1 is 1.17 bits per heavy atom. The second kappa shape index (κ2) is 8.22. The first-order valence-corrected chi connectivity index (χ1v) is 8.17. The average Bonchev–Trinajstić information content (AvgIpc) is 2.55. The molecule has 23 heavy (non-hydrogen) atoms. The molecule has 0 unspecified atom stereocenters. The van der Waals surface area contributed by atoms with Crippen LogP contribution in [0.3, 0.4) is 0 Å². The van der Waals surface area contributed by atoms with Gasteiger partial charge in [-0.05, 0) is 36.2 Å². The highest BCUT2D eigenvalue weighted by Gasteiger charge is 2.12. The molecule has 0 spiro atoms. The molecule has 122 valence electrons. The van der Waals surface area contributed by atoms with Gasteiger partial charge in [-0.1, -0.05) is 39.7 Å². The van der Waals surface area contributed by atoms with Crippen molar-refractivity contribution < 1.29 is 14.3 Å². The Kier molecular flexibility index (Phi) is 6.30. The Balaban J connectivity index is 2.03. The van der Waals surface area contributed by atoms with Crippen molar-refractivity contribution in [1.82, 2.24) is 0 Å². The largest absolute Gasteiger partial charge is 0.493 e. The van der Waals surface area contributed by atoms with Crippen LogP contribution in [0, 0.1) is 0 Å². The highest BCUT2D eigenvalue weighted by atomic mass is 79.9. The predicted molar refractivity (Wildman–Crippen MR) is 95.6 cm³/mol. The first-order chi connectivity index (χ1) is 11.0. The van der Waals surface area contributed by atoms with Crippen LogP contribution in [0.25, 0.3) is 0 Å².